The number of nitrogens with two attached hydrogens (primary N) is 1. The Bertz CT molecular complexity index is 1740. The lowest BCUT2D eigenvalue weighted by Crippen LogP contribution is -2.53. The second-order valence-corrected chi connectivity index (χ2v) is 19.0. The van der Waals surface area contributed by atoms with Crippen LogP contribution in [0.2, 0.25) is 0 Å². The van der Waals surface area contributed by atoms with Crippen LogP contribution in [0, 0.1) is 11.8 Å². The number of esters is 3. The number of ether oxygens (including phenoxy) is 3. The number of hydrogen-bond acceptors (Lipinski definition) is 10. The molecule has 1 aliphatic rings. The third-order valence-corrected chi connectivity index (χ3v) is 9.95. The number of benzene rings is 2. The van der Waals surface area contributed by atoms with E-state index in [1.54, 1.807) is 62.3 Å². The van der Waals surface area contributed by atoms with E-state index in [4.69, 9.17) is 19.9 Å². The van der Waals surface area contributed by atoms with Gasteiger partial charge in [-0.25, -0.2) is 14.4 Å². The monoisotopic (exact) mass is 850 g/mol. The summed E-state index contributed by atoms with van der Waals surface area (Å²) in [6.45, 7) is 16.2. The molecular weight excluding hydrogens is 779 g/mol. The molecule has 0 bridgehead atoms. The minimum Gasteiger partial charge on any atom is -0.460 e. The smallest absolute Gasteiger partial charge is 0.329 e. The van der Waals surface area contributed by atoms with Gasteiger partial charge in [-0.3, -0.25) is 14.4 Å². The van der Waals surface area contributed by atoms with Crippen molar-refractivity contribution >= 4 is 35.8 Å². The van der Waals surface area contributed by atoms with Gasteiger partial charge in [-0.15, -0.1) is 0 Å². The lowest BCUT2D eigenvalue weighted by atomic mass is 9.81. The van der Waals surface area contributed by atoms with E-state index in [0.29, 0.717) is 31.7 Å². The van der Waals surface area contributed by atoms with Crippen molar-refractivity contribution in [2.24, 2.45) is 17.6 Å². The Balaban J connectivity index is 1.66. The molecule has 3 rings (SSSR count). The summed E-state index contributed by atoms with van der Waals surface area (Å²) in [6, 6.07) is 14.0. The van der Waals surface area contributed by atoms with E-state index in [1.165, 1.54) is 0 Å². The first-order valence-electron chi connectivity index (χ1n) is 21.7. The summed E-state index contributed by atoms with van der Waals surface area (Å²) >= 11 is 0. The Kier molecular flexibility index (Phi) is 19.2. The van der Waals surface area contributed by atoms with Crippen molar-refractivity contribution in [1.29, 1.82) is 0 Å². The highest BCUT2D eigenvalue weighted by molar-refractivity contribution is 5.89. The fourth-order valence-corrected chi connectivity index (χ4v) is 6.92. The Morgan fingerprint density at radius 1 is 0.639 bits per heavy atom. The van der Waals surface area contributed by atoms with E-state index in [1.807, 2.05) is 54.6 Å². The van der Waals surface area contributed by atoms with Crippen molar-refractivity contribution in [3.63, 3.8) is 0 Å². The van der Waals surface area contributed by atoms with Crippen molar-refractivity contribution in [3.8, 4) is 11.1 Å². The van der Waals surface area contributed by atoms with Gasteiger partial charge in [0.25, 0.3) is 0 Å². The fraction of sp³-hybridized carbons (Fsp3) is 0.617. The highest BCUT2D eigenvalue weighted by Crippen LogP contribution is 2.28. The zero-order valence-electron chi connectivity index (χ0n) is 37.8. The Morgan fingerprint density at radius 2 is 1.16 bits per heavy atom. The molecule has 1 aliphatic carbocycles. The molecule has 2 aromatic carbocycles. The van der Waals surface area contributed by atoms with Crippen molar-refractivity contribution in [1.82, 2.24) is 21.3 Å². The second kappa shape index (κ2) is 23.3. The molecule has 0 aromatic heterocycles. The molecule has 0 saturated heterocycles. The van der Waals surface area contributed by atoms with E-state index in [9.17, 15) is 28.8 Å². The van der Waals surface area contributed by atoms with Crippen molar-refractivity contribution in [3.05, 3.63) is 60.2 Å². The molecule has 4 amide bonds. The number of carbonyl (C=O) groups excluding carboxylic acids is 6. The van der Waals surface area contributed by atoms with Crippen LogP contribution in [0.25, 0.3) is 11.1 Å². The van der Waals surface area contributed by atoms with E-state index in [2.05, 4.69) is 21.3 Å². The van der Waals surface area contributed by atoms with Crippen LogP contribution < -0.4 is 27.0 Å². The number of amides is 4. The molecule has 2 aromatic rings. The highest BCUT2D eigenvalue weighted by Gasteiger charge is 2.32. The third kappa shape index (κ3) is 19.5. The van der Waals surface area contributed by atoms with Crippen LogP contribution in [-0.4, -0.2) is 83.8 Å². The molecule has 0 aliphatic heterocycles. The molecule has 14 nitrogen and oxygen atoms in total. The SMILES string of the molecule is CC(C)(C)OC(=O)CC[C@H](NC(=O)N[C@@H](CCCCNC(=O)[C@H](Cc1ccc(-c2ccccc2)cc1)NC(=O)C1CCC(CN)CC1)C(=O)OC(C)(C)C)C(=O)OC(C)(C)C. The quantitative estimate of drug-likeness (QED) is 0.0609. The molecule has 0 radical (unpaired) electrons. The minimum absolute atomic E-state index is 0.0934. The summed E-state index contributed by atoms with van der Waals surface area (Å²) in [5, 5.41) is 11.2. The van der Waals surface area contributed by atoms with Gasteiger partial charge in [-0.2, -0.15) is 0 Å². The van der Waals surface area contributed by atoms with Crippen LogP contribution in [0.15, 0.2) is 54.6 Å². The molecule has 1 fully saturated rings. The van der Waals surface area contributed by atoms with Gasteiger partial charge < -0.3 is 41.2 Å². The van der Waals surface area contributed by atoms with Gasteiger partial charge in [0.2, 0.25) is 11.8 Å². The molecule has 338 valence electrons. The minimum atomic E-state index is -1.21. The zero-order valence-corrected chi connectivity index (χ0v) is 37.8. The molecule has 6 N–H and O–H groups in total. The van der Waals surface area contributed by atoms with Crippen molar-refractivity contribution < 1.29 is 43.0 Å². The summed E-state index contributed by atoms with van der Waals surface area (Å²) in [5.74, 6) is -2.19. The van der Waals surface area contributed by atoms with Crippen LogP contribution in [0.1, 0.15) is 126 Å². The zero-order chi connectivity index (χ0) is 45.4. The second-order valence-electron chi connectivity index (χ2n) is 19.0. The topological polar surface area (TPSA) is 204 Å². The highest BCUT2D eigenvalue weighted by atomic mass is 16.6. The average molecular weight is 850 g/mol. The fourth-order valence-electron chi connectivity index (χ4n) is 6.92. The number of urea groups is 1. The molecular formula is C47H71N5O9. The summed E-state index contributed by atoms with van der Waals surface area (Å²) in [6.07, 6.45) is 4.27. The van der Waals surface area contributed by atoms with Gasteiger partial charge in [0.15, 0.2) is 0 Å². The van der Waals surface area contributed by atoms with Crippen LogP contribution in [-0.2, 0) is 44.6 Å². The molecule has 0 unspecified atom stereocenters. The lowest BCUT2D eigenvalue weighted by molar-refractivity contribution is -0.159. The first-order chi connectivity index (χ1) is 28.5. The van der Waals surface area contributed by atoms with Crippen molar-refractivity contribution in [2.75, 3.05) is 13.1 Å². The Hall–Kier alpha value is -4.98. The first-order valence-corrected chi connectivity index (χ1v) is 21.7. The largest absolute Gasteiger partial charge is 0.460 e. The number of unbranched alkanes of at least 4 members (excludes halogenated alkanes) is 1. The third-order valence-electron chi connectivity index (χ3n) is 9.95. The maximum Gasteiger partial charge on any atom is 0.329 e. The predicted molar refractivity (Wildman–Crippen MR) is 235 cm³/mol. The van der Waals surface area contributed by atoms with Crippen LogP contribution in [0.4, 0.5) is 4.79 Å². The molecule has 3 atom stereocenters. The van der Waals surface area contributed by atoms with Crippen LogP contribution in [0.3, 0.4) is 0 Å². The van der Waals surface area contributed by atoms with E-state index >= 15 is 0 Å². The summed E-state index contributed by atoms with van der Waals surface area (Å²) in [4.78, 5) is 79.4. The Labute approximate surface area is 362 Å². The average Bonchev–Trinajstić information content (AvgIpc) is 3.17. The number of nitrogens with one attached hydrogen (secondary N) is 4. The van der Waals surface area contributed by atoms with Crippen LogP contribution in [0.5, 0.6) is 0 Å². The number of rotatable bonds is 19. The summed E-state index contributed by atoms with van der Waals surface area (Å²) < 4.78 is 16.5. The van der Waals surface area contributed by atoms with E-state index in [-0.39, 0.29) is 43.5 Å². The maximum atomic E-state index is 13.7. The molecule has 1 saturated carbocycles. The van der Waals surface area contributed by atoms with Gasteiger partial charge >= 0.3 is 23.9 Å². The van der Waals surface area contributed by atoms with Gasteiger partial charge in [-0.05, 0) is 143 Å². The van der Waals surface area contributed by atoms with E-state index in [0.717, 1.165) is 42.4 Å². The summed E-state index contributed by atoms with van der Waals surface area (Å²) in [7, 11) is 0. The lowest BCUT2D eigenvalue weighted by Gasteiger charge is -2.28. The maximum absolute atomic E-state index is 13.7. The Morgan fingerprint density at radius 3 is 1.69 bits per heavy atom. The van der Waals surface area contributed by atoms with Gasteiger partial charge in [0, 0.05) is 25.3 Å². The first kappa shape index (κ1) is 50.4. The van der Waals surface area contributed by atoms with Crippen LogP contribution >= 0.6 is 0 Å². The number of carbonyl (C=O) groups is 6. The molecule has 61 heavy (non-hydrogen) atoms. The summed E-state index contributed by atoms with van der Waals surface area (Å²) in [5.41, 5.74) is 6.45. The normalized spacial score (nSPS) is 17.1. The molecule has 14 heteroatoms. The predicted octanol–water partition coefficient (Wildman–Crippen LogP) is 6.27. The van der Waals surface area contributed by atoms with Gasteiger partial charge in [0.05, 0.1) is 0 Å². The molecule has 0 spiro atoms. The van der Waals surface area contributed by atoms with Gasteiger partial charge in [0.1, 0.15) is 34.9 Å². The van der Waals surface area contributed by atoms with Crippen molar-refractivity contribution in [2.45, 2.75) is 161 Å². The van der Waals surface area contributed by atoms with Gasteiger partial charge in [-0.1, -0.05) is 54.6 Å². The standard InChI is InChI=1S/C47H71N5O9/c1-45(2,3)59-39(53)27-26-37(43(57)61-47(7,8)9)52-44(58)51-36(42(56)60-46(4,5)6)17-13-14-28-49-41(55)38(50-40(54)35-24-20-32(30-48)21-25-35)29-31-18-22-34(23-19-31)33-15-11-10-12-16-33/h10-12,15-16,18-19,22-23,32,35-38H,13-14,17,20-21,24-30,48H2,1-9H3,(H,49,55)(H,50,54)(H2,51,52,58)/t32?,35?,36-,37-,38-/m0/s1. The molecule has 0 heterocycles. The number of hydrogen-bond donors (Lipinski definition) is 5. The van der Waals surface area contributed by atoms with E-state index < -0.39 is 58.9 Å².